The number of rotatable bonds is 4. The van der Waals surface area contributed by atoms with Gasteiger partial charge in [-0.25, -0.2) is 4.39 Å². The van der Waals surface area contributed by atoms with Gasteiger partial charge in [0.25, 0.3) is 0 Å². The molecule has 1 saturated heterocycles. The summed E-state index contributed by atoms with van der Waals surface area (Å²) in [5.74, 6) is 1.36. The van der Waals surface area contributed by atoms with E-state index in [1.165, 1.54) is 6.07 Å². The average Bonchev–Trinajstić information content (AvgIpc) is 3.10. The van der Waals surface area contributed by atoms with Crippen LogP contribution in [0, 0.1) is 12.7 Å². The molecule has 0 saturated carbocycles. The lowest BCUT2D eigenvalue weighted by Gasteiger charge is -2.08. The number of benzene rings is 1. The maximum absolute atomic E-state index is 13.6. The number of halogens is 1. The Morgan fingerprint density at radius 3 is 3.00 bits per heavy atom. The third kappa shape index (κ3) is 2.76. The summed E-state index contributed by atoms with van der Waals surface area (Å²) in [6.07, 6.45) is 1.04. The van der Waals surface area contributed by atoms with Crippen molar-refractivity contribution in [2.45, 2.75) is 25.9 Å². The normalized spacial score (nSPS) is 18.6. The van der Waals surface area contributed by atoms with Crippen molar-refractivity contribution >= 4 is 0 Å². The predicted octanol–water partition coefficient (Wildman–Crippen LogP) is 3.27. The molecule has 2 heterocycles. The molecule has 20 heavy (non-hydrogen) atoms. The van der Waals surface area contributed by atoms with Gasteiger partial charge < -0.3 is 14.5 Å². The summed E-state index contributed by atoms with van der Waals surface area (Å²) in [6.45, 7) is 4.02. The Bertz CT molecular complexity index is 588. The Balaban J connectivity index is 1.71. The predicted molar refractivity (Wildman–Crippen MR) is 74.9 cm³/mol. The fourth-order valence-electron chi connectivity index (χ4n) is 2.43. The van der Waals surface area contributed by atoms with Crippen LogP contribution in [0.2, 0.25) is 0 Å². The molecule has 1 unspecified atom stereocenters. The first-order valence-electron chi connectivity index (χ1n) is 6.89. The summed E-state index contributed by atoms with van der Waals surface area (Å²) in [7, 11) is 0. The van der Waals surface area contributed by atoms with Crippen molar-refractivity contribution in [1.29, 1.82) is 0 Å². The van der Waals surface area contributed by atoms with Crippen molar-refractivity contribution in [3.05, 3.63) is 47.5 Å². The summed E-state index contributed by atoms with van der Waals surface area (Å²) in [4.78, 5) is 0. The van der Waals surface area contributed by atoms with Crippen molar-refractivity contribution < 1.29 is 13.5 Å². The molecule has 106 valence electrons. The standard InChI is InChI=1S/C16H18FNO2/c1-11-14(3-2-4-15(11)17)16-6-5-13(20-16)9-18-12-7-8-19-10-12/h2-6,12,18H,7-10H2,1H3. The minimum atomic E-state index is -0.207. The molecule has 1 aromatic heterocycles. The highest BCUT2D eigenvalue weighted by molar-refractivity contribution is 5.62. The van der Waals surface area contributed by atoms with Gasteiger partial charge in [0.05, 0.1) is 13.2 Å². The zero-order valence-corrected chi connectivity index (χ0v) is 11.5. The SMILES string of the molecule is Cc1c(F)cccc1-c1ccc(CNC2CCOC2)o1. The Kier molecular flexibility index (Phi) is 3.85. The highest BCUT2D eigenvalue weighted by atomic mass is 19.1. The third-order valence-electron chi connectivity index (χ3n) is 3.69. The van der Waals surface area contributed by atoms with E-state index in [4.69, 9.17) is 9.15 Å². The van der Waals surface area contributed by atoms with Crippen LogP contribution < -0.4 is 5.32 Å². The molecule has 0 amide bonds. The van der Waals surface area contributed by atoms with Crippen LogP contribution in [0.4, 0.5) is 4.39 Å². The Labute approximate surface area is 117 Å². The minimum absolute atomic E-state index is 0.207. The van der Waals surface area contributed by atoms with E-state index in [-0.39, 0.29) is 5.82 Å². The fraction of sp³-hybridized carbons (Fsp3) is 0.375. The molecule has 1 fully saturated rings. The zero-order chi connectivity index (χ0) is 13.9. The lowest BCUT2D eigenvalue weighted by molar-refractivity contribution is 0.189. The summed E-state index contributed by atoms with van der Waals surface area (Å²) >= 11 is 0. The lowest BCUT2D eigenvalue weighted by atomic mass is 10.1. The first-order valence-corrected chi connectivity index (χ1v) is 6.89. The molecule has 4 heteroatoms. The molecule has 1 aromatic carbocycles. The maximum atomic E-state index is 13.6. The Morgan fingerprint density at radius 1 is 1.30 bits per heavy atom. The zero-order valence-electron chi connectivity index (χ0n) is 11.5. The van der Waals surface area contributed by atoms with Crippen LogP contribution in [0.15, 0.2) is 34.7 Å². The van der Waals surface area contributed by atoms with Gasteiger partial charge in [-0.15, -0.1) is 0 Å². The molecule has 2 aromatic rings. The fourth-order valence-corrected chi connectivity index (χ4v) is 2.43. The van der Waals surface area contributed by atoms with Gasteiger partial charge in [0, 0.05) is 18.2 Å². The molecule has 0 radical (unpaired) electrons. The van der Waals surface area contributed by atoms with Crippen molar-refractivity contribution in [2.75, 3.05) is 13.2 Å². The molecule has 1 aliphatic heterocycles. The van der Waals surface area contributed by atoms with E-state index in [0.717, 1.165) is 31.0 Å². The molecule has 3 rings (SSSR count). The third-order valence-corrected chi connectivity index (χ3v) is 3.69. The van der Waals surface area contributed by atoms with E-state index < -0.39 is 0 Å². The number of ether oxygens (including phenoxy) is 1. The average molecular weight is 275 g/mol. The van der Waals surface area contributed by atoms with Crippen LogP contribution in [-0.2, 0) is 11.3 Å². The summed E-state index contributed by atoms with van der Waals surface area (Å²) in [5, 5.41) is 3.40. The van der Waals surface area contributed by atoms with E-state index in [1.807, 2.05) is 18.2 Å². The van der Waals surface area contributed by atoms with Crippen LogP contribution in [0.25, 0.3) is 11.3 Å². The van der Waals surface area contributed by atoms with Gasteiger partial charge in [0.2, 0.25) is 0 Å². The molecular formula is C16H18FNO2. The van der Waals surface area contributed by atoms with Gasteiger partial charge in [-0.05, 0) is 37.1 Å². The number of hydrogen-bond donors (Lipinski definition) is 1. The quantitative estimate of drug-likeness (QED) is 0.930. The second-order valence-electron chi connectivity index (χ2n) is 5.12. The Hall–Kier alpha value is -1.65. The van der Waals surface area contributed by atoms with Crippen LogP contribution in [0.1, 0.15) is 17.7 Å². The molecule has 0 aliphatic carbocycles. The van der Waals surface area contributed by atoms with Crippen molar-refractivity contribution in [3.8, 4) is 11.3 Å². The largest absolute Gasteiger partial charge is 0.460 e. The van der Waals surface area contributed by atoms with Gasteiger partial charge in [-0.2, -0.15) is 0 Å². The van der Waals surface area contributed by atoms with E-state index in [0.29, 0.717) is 23.9 Å². The van der Waals surface area contributed by atoms with Gasteiger partial charge >= 0.3 is 0 Å². The molecule has 1 aliphatic rings. The molecule has 0 bridgehead atoms. The highest BCUT2D eigenvalue weighted by Gasteiger charge is 2.15. The van der Waals surface area contributed by atoms with E-state index in [2.05, 4.69) is 5.32 Å². The molecule has 3 nitrogen and oxygen atoms in total. The summed E-state index contributed by atoms with van der Waals surface area (Å²) < 4.78 is 24.7. The monoisotopic (exact) mass is 275 g/mol. The first-order chi connectivity index (χ1) is 9.74. The first kappa shape index (κ1) is 13.3. The molecular weight excluding hydrogens is 257 g/mol. The van der Waals surface area contributed by atoms with Crippen molar-refractivity contribution in [3.63, 3.8) is 0 Å². The lowest BCUT2D eigenvalue weighted by Crippen LogP contribution is -2.28. The summed E-state index contributed by atoms with van der Waals surface area (Å²) in [5.41, 5.74) is 1.42. The number of hydrogen-bond acceptors (Lipinski definition) is 3. The van der Waals surface area contributed by atoms with Crippen LogP contribution >= 0.6 is 0 Å². The maximum Gasteiger partial charge on any atom is 0.134 e. The highest BCUT2D eigenvalue weighted by Crippen LogP contribution is 2.27. The molecule has 0 spiro atoms. The van der Waals surface area contributed by atoms with Crippen molar-refractivity contribution in [1.82, 2.24) is 5.32 Å². The topological polar surface area (TPSA) is 34.4 Å². The van der Waals surface area contributed by atoms with Gasteiger partial charge in [0.1, 0.15) is 17.3 Å². The van der Waals surface area contributed by atoms with E-state index >= 15 is 0 Å². The van der Waals surface area contributed by atoms with Gasteiger partial charge in [0.15, 0.2) is 0 Å². The van der Waals surface area contributed by atoms with E-state index in [1.54, 1.807) is 13.0 Å². The van der Waals surface area contributed by atoms with Crippen LogP contribution in [0.5, 0.6) is 0 Å². The smallest absolute Gasteiger partial charge is 0.134 e. The second-order valence-corrected chi connectivity index (χ2v) is 5.12. The number of furan rings is 1. The van der Waals surface area contributed by atoms with Crippen LogP contribution in [0.3, 0.4) is 0 Å². The van der Waals surface area contributed by atoms with Crippen LogP contribution in [-0.4, -0.2) is 19.3 Å². The van der Waals surface area contributed by atoms with Gasteiger partial charge in [-0.3, -0.25) is 0 Å². The molecule has 1 atom stereocenters. The minimum Gasteiger partial charge on any atom is -0.460 e. The van der Waals surface area contributed by atoms with Gasteiger partial charge in [-0.1, -0.05) is 12.1 Å². The summed E-state index contributed by atoms with van der Waals surface area (Å²) in [6, 6.07) is 9.27. The second kappa shape index (κ2) is 5.77. The van der Waals surface area contributed by atoms with Crippen molar-refractivity contribution in [2.24, 2.45) is 0 Å². The van der Waals surface area contributed by atoms with E-state index in [9.17, 15) is 4.39 Å². The number of nitrogens with one attached hydrogen (secondary N) is 1. The Morgan fingerprint density at radius 2 is 2.20 bits per heavy atom. The molecule has 1 N–H and O–H groups in total.